The smallest absolute Gasteiger partial charge is 0.224 e. The quantitative estimate of drug-likeness (QED) is 0.855. The molecule has 1 amide bonds. The Morgan fingerprint density at radius 2 is 2.21 bits per heavy atom. The first-order chi connectivity index (χ1) is 11.6. The second-order valence-corrected chi connectivity index (χ2v) is 7.27. The fourth-order valence-electron chi connectivity index (χ4n) is 3.73. The summed E-state index contributed by atoms with van der Waals surface area (Å²) in [5.74, 6) is 0.839. The van der Waals surface area contributed by atoms with Gasteiger partial charge in [-0.3, -0.25) is 4.79 Å². The number of fused-ring (bicyclic) bond motifs is 1. The maximum atomic E-state index is 12.2. The van der Waals surface area contributed by atoms with Crippen molar-refractivity contribution in [2.45, 2.75) is 45.6 Å². The van der Waals surface area contributed by atoms with E-state index >= 15 is 0 Å². The summed E-state index contributed by atoms with van der Waals surface area (Å²) in [4.78, 5) is 18.0. The number of para-hydroxylation sites is 1. The molecule has 0 radical (unpaired) electrons. The number of aromatic amines is 1. The van der Waals surface area contributed by atoms with Gasteiger partial charge in [0.2, 0.25) is 5.91 Å². The second-order valence-electron chi connectivity index (χ2n) is 7.27. The average molecular weight is 327 g/mol. The van der Waals surface area contributed by atoms with Crippen molar-refractivity contribution in [3.05, 3.63) is 36.0 Å². The number of carbonyl (C=O) groups is 1. The van der Waals surface area contributed by atoms with Gasteiger partial charge in [0.05, 0.1) is 6.42 Å². The Bertz CT molecular complexity index is 676. The third kappa shape index (κ3) is 4.18. The topological polar surface area (TPSA) is 48.1 Å². The summed E-state index contributed by atoms with van der Waals surface area (Å²) >= 11 is 0. The molecule has 1 aromatic heterocycles. The number of piperidine rings is 1. The molecule has 24 heavy (non-hydrogen) atoms. The number of nitrogens with one attached hydrogen (secondary N) is 2. The van der Waals surface area contributed by atoms with Gasteiger partial charge in [-0.2, -0.15) is 0 Å². The molecule has 1 aliphatic rings. The molecule has 0 spiro atoms. The lowest BCUT2D eigenvalue weighted by atomic mass is 9.94. The number of hydrogen-bond acceptors (Lipinski definition) is 2. The van der Waals surface area contributed by atoms with Crippen LogP contribution in [-0.4, -0.2) is 41.5 Å². The largest absolute Gasteiger partial charge is 0.361 e. The number of H-pyrrole nitrogens is 1. The number of rotatable bonds is 6. The van der Waals surface area contributed by atoms with Crippen LogP contribution in [0.1, 0.15) is 38.7 Å². The molecule has 1 saturated heterocycles. The zero-order valence-corrected chi connectivity index (χ0v) is 14.8. The van der Waals surface area contributed by atoms with E-state index in [0.717, 1.165) is 35.3 Å². The normalized spacial score (nSPS) is 19.0. The van der Waals surface area contributed by atoms with Crippen LogP contribution in [0.2, 0.25) is 0 Å². The van der Waals surface area contributed by atoms with Crippen LogP contribution in [0.4, 0.5) is 0 Å². The Labute approximate surface area is 144 Å². The Kier molecular flexibility index (Phi) is 5.56. The average Bonchev–Trinajstić information content (AvgIpc) is 2.98. The fourth-order valence-corrected chi connectivity index (χ4v) is 3.73. The molecule has 1 fully saturated rings. The highest BCUT2D eigenvalue weighted by Crippen LogP contribution is 2.21. The Balaban J connectivity index is 1.44. The number of benzene rings is 1. The molecular weight excluding hydrogens is 298 g/mol. The van der Waals surface area contributed by atoms with E-state index in [0.29, 0.717) is 12.5 Å². The van der Waals surface area contributed by atoms with Gasteiger partial charge in [-0.25, -0.2) is 0 Å². The maximum absolute atomic E-state index is 12.2. The molecule has 2 aromatic rings. The third-order valence-electron chi connectivity index (χ3n) is 5.18. The van der Waals surface area contributed by atoms with E-state index in [4.69, 9.17) is 0 Å². The summed E-state index contributed by atoms with van der Waals surface area (Å²) in [6, 6.07) is 8.76. The highest BCUT2D eigenvalue weighted by Gasteiger charge is 2.21. The van der Waals surface area contributed by atoms with Crippen molar-refractivity contribution in [1.29, 1.82) is 0 Å². The van der Waals surface area contributed by atoms with Gasteiger partial charge in [-0.15, -0.1) is 0 Å². The summed E-state index contributed by atoms with van der Waals surface area (Å²) in [5.41, 5.74) is 2.17. The van der Waals surface area contributed by atoms with Crippen LogP contribution in [0, 0.1) is 5.92 Å². The molecule has 1 aliphatic heterocycles. The fraction of sp³-hybridized carbons (Fsp3) is 0.550. The van der Waals surface area contributed by atoms with Gasteiger partial charge in [0.1, 0.15) is 0 Å². The summed E-state index contributed by atoms with van der Waals surface area (Å²) in [6.07, 6.45) is 6.06. The van der Waals surface area contributed by atoms with Crippen molar-refractivity contribution in [2.75, 3.05) is 19.6 Å². The van der Waals surface area contributed by atoms with Crippen molar-refractivity contribution in [1.82, 2.24) is 15.2 Å². The van der Waals surface area contributed by atoms with Gasteiger partial charge in [0, 0.05) is 36.2 Å². The number of nitrogens with zero attached hydrogens (tertiary/aromatic N) is 1. The minimum atomic E-state index is 0.122. The van der Waals surface area contributed by atoms with E-state index < -0.39 is 0 Å². The van der Waals surface area contributed by atoms with Crippen LogP contribution in [0.15, 0.2) is 30.5 Å². The van der Waals surface area contributed by atoms with Gasteiger partial charge in [-0.05, 0) is 57.2 Å². The van der Waals surface area contributed by atoms with Crippen LogP contribution >= 0.6 is 0 Å². The first kappa shape index (κ1) is 17.0. The first-order valence-electron chi connectivity index (χ1n) is 9.19. The lowest BCUT2D eigenvalue weighted by Gasteiger charge is -2.35. The molecular formula is C20H29N3O. The summed E-state index contributed by atoms with van der Waals surface area (Å²) in [7, 11) is 0. The minimum Gasteiger partial charge on any atom is -0.361 e. The van der Waals surface area contributed by atoms with Crippen molar-refractivity contribution in [2.24, 2.45) is 5.92 Å². The van der Waals surface area contributed by atoms with Gasteiger partial charge in [-0.1, -0.05) is 18.2 Å². The number of carbonyl (C=O) groups excluding carboxylic acids is 1. The van der Waals surface area contributed by atoms with Gasteiger partial charge in [0.25, 0.3) is 0 Å². The summed E-state index contributed by atoms with van der Waals surface area (Å²) < 4.78 is 0. The molecule has 4 heteroatoms. The van der Waals surface area contributed by atoms with Gasteiger partial charge >= 0.3 is 0 Å². The predicted molar refractivity (Wildman–Crippen MR) is 99.1 cm³/mol. The molecule has 4 nitrogen and oxygen atoms in total. The lowest BCUT2D eigenvalue weighted by molar-refractivity contribution is -0.120. The number of hydrogen-bond donors (Lipinski definition) is 2. The molecule has 2 N–H and O–H groups in total. The molecule has 2 heterocycles. The first-order valence-corrected chi connectivity index (χ1v) is 9.19. The summed E-state index contributed by atoms with van der Waals surface area (Å²) in [5, 5.41) is 4.25. The molecule has 0 saturated carbocycles. The van der Waals surface area contributed by atoms with Crippen molar-refractivity contribution in [3.63, 3.8) is 0 Å². The number of amides is 1. The van der Waals surface area contributed by atoms with E-state index in [1.807, 2.05) is 24.4 Å². The van der Waals surface area contributed by atoms with Crippen LogP contribution in [0.25, 0.3) is 10.9 Å². The van der Waals surface area contributed by atoms with E-state index in [2.05, 4.69) is 35.1 Å². The molecule has 0 bridgehead atoms. The minimum absolute atomic E-state index is 0.122. The van der Waals surface area contributed by atoms with Crippen LogP contribution in [0.5, 0.6) is 0 Å². The van der Waals surface area contributed by atoms with E-state index in [1.54, 1.807) is 0 Å². The number of likely N-dealkylation sites (tertiary alicyclic amines) is 1. The van der Waals surface area contributed by atoms with Crippen molar-refractivity contribution >= 4 is 16.8 Å². The van der Waals surface area contributed by atoms with Gasteiger partial charge < -0.3 is 15.2 Å². The van der Waals surface area contributed by atoms with E-state index in [1.165, 1.54) is 25.9 Å². The SMILES string of the molecule is CC(C)N1CCC[C@@H](CCNC(=O)Cc2c[nH]c3ccccc23)C1. The monoisotopic (exact) mass is 327 g/mol. The zero-order valence-electron chi connectivity index (χ0n) is 14.8. The standard InChI is InChI=1S/C20H29N3O/c1-15(2)23-11-5-6-16(14-23)9-10-21-20(24)12-17-13-22-19-8-4-3-7-18(17)19/h3-4,7-8,13,15-16,22H,5-6,9-12,14H2,1-2H3,(H,21,24)/t16-/m0/s1. The molecule has 1 aromatic carbocycles. The molecule has 0 aliphatic carbocycles. The molecule has 1 atom stereocenters. The highest BCUT2D eigenvalue weighted by atomic mass is 16.1. The van der Waals surface area contributed by atoms with E-state index in [9.17, 15) is 4.79 Å². The van der Waals surface area contributed by atoms with Gasteiger partial charge in [0.15, 0.2) is 0 Å². The van der Waals surface area contributed by atoms with E-state index in [-0.39, 0.29) is 5.91 Å². The highest BCUT2D eigenvalue weighted by molar-refractivity contribution is 5.88. The zero-order chi connectivity index (χ0) is 16.9. The summed E-state index contributed by atoms with van der Waals surface area (Å²) in [6.45, 7) is 7.73. The Hall–Kier alpha value is -1.81. The molecule has 0 unspecified atom stereocenters. The van der Waals surface area contributed by atoms with Crippen molar-refractivity contribution in [3.8, 4) is 0 Å². The predicted octanol–water partition coefficient (Wildman–Crippen LogP) is 3.34. The molecule has 3 rings (SSSR count). The Morgan fingerprint density at radius 1 is 1.38 bits per heavy atom. The lowest BCUT2D eigenvalue weighted by Crippen LogP contribution is -2.41. The number of aromatic nitrogens is 1. The van der Waals surface area contributed by atoms with Crippen LogP contribution in [-0.2, 0) is 11.2 Å². The second kappa shape index (κ2) is 7.84. The third-order valence-corrected chi connectivity index (χ3v) is 5.18. The van der Waals surface area contributed by atoms with Crippen LogP contribution in [0.3, 0.4) is 0 Å². The van der Waals surface area contributed by atoms with Crippen molar-refractivity contribution < 1.29 is 4.79 Å². The maximum Gasteiger partial charge on any atom is 0.224 e. The van der Waals surface area contributed by atoms with Crippen LogP contribution < -0.4 is 5.32 Å². The molecule has 130 valence electrons. The Morgan fingerprint density at radius 3 is 3.04 bits per heavy atom.